The van der Waals surface area contributed by atoms with Gasteiger partial charge in [-0.2, -0.15) is 0 Å². The minimum absolute atomic E-state index is 0.200. The maximum absolute atomic E-state index is 12.1. The summed E-state index contributed by atoms with van der Waals surface area (Å²) in [5, 5.41) is 9.06. The summed E-state index contributed by atoms with van der Waals surface area (Å²) in [6.07, 6.45) is 0. The molecule has 1 aliphatic rings. The lowest BCUT2D eigenvalue weighted by Crippen LogP contribution is -2.43. The van der Waals surface area contributed by atoms with Crippen LogP contribution in [0.2, 0.25) is 0 Å². The van der Waals surface area contributed by atoms with Gasteiger partial charge in [0.2, 0.25) is 0 Å². The van der Waals surface area contributed by atoms with Crippen LogP contribution in [0.4, 0.5) is 0 Å². The predicted molar refractivity (Wildman–Crippen MR) is 78.7 cm³/mol. The summed E-state index contributed by atoms with van der Waals surface area (Å²) in [5.74, 6) is 0.523. The fourth-order valence-electron chi connectivity index (χ4n) is 1.96. The van der Waals surface area contributed by atoms with Crippen molar-refractivity contribution in [1.29, 1.82) is 0 Å². The van der Waals surface area contributed by atoms with E-state index in [9.17, 15) is 9.59 Å². The number of thioether (sulfide) groups is 1. The van der Waals surface area contributed by atoms with Crippen LogP contribution in [0, 0.1) is 0 Å². The zero-order chi connectivity index (χ0) is 15.2. The number of carboxylic acid groups (broad SMARTS) is 1. The zero-order valence-corrected chi connectivity index (χ0v) is 12.5. The summed E-state index contributed by atoms with van der Waals surface area (Å²) >= 11 is 1.42. The molecule has 1 aliphatic heterocycles. The van der Waals surface area contributed by atoms with E-state index >= 15 is 0 Å². The quantitative estimate of drug-likeness (QED) is 0.857. The maximum atomic E-state index is 12.1. The van der Waals surface area contributed by atoms with Crippen molar-refractivity contribution in [3.05, 3.63) is 24.3 Å². The summed E-state index contributed by atoms with van der Waals surface area (Å²) in [5.41, 5.74) is 0. The van der Waals surface area contributed by atoms with Crippen LogP contribution in [0.25, 0.3) is 0 Å². The molecule has 1 saturated heterocycles. The Morgan fingerprint density at radius 1 is 1.33 bits per heavy atom. The van der Waals surface area contributed by atoms with Crippen LogP contribution in [0.3, 0.4) is 0 Å². The van der Waals surface area contributed by atoms with Crippen LogP contribution in [-0.2, 0) is 9.59 Å². The Bertz CT molecular complexity index is 522. The standard InChI is InChI=1S/C14H17NO5S/c1-2-19-11-5-3-4-6-12(11)20-7-13(16)15-9-21-8-10(15)14(17)18/h3-6,10H,2,7-9H2,1H3,(H,17,18)/t10-/m0/s1. The van der Waals surface area contributed by atoms with Crippen LogP contribution in [0.15, 0.2) is 24.3 Å². The first-order valence-corrected chi connectivity index (χ1v) is 7.73. The number of hydrogen-bond donors (Lipinski definition) is 1. The Balaban J connectivity index is 1.96. The number of carboxylic acids is 1. The number of aliphatic carboxylic acids is 1. The van der Waals surface area contributed by atoms with Gasteiger partial charge in [0.05, 0.1) is 12.5 Å². The van der Waals surface area contributed by atoms with Gasteiger partial charge < -0.3 is 19.5 Å². The van der Waals surface area contributed by atoms with Gasteiger partial charge >= 0.3 is 5.97 Å². The van der Waals surface area contributed by atoms with Gasteiger partial charge in [0.1, 0.15) is 6.04 Å². The van der Waals surface area contributed by atoms with Crippen molar-refractivity contribution in [3.8, 4) is 11.5 Å². The molecule has 2 rings (SSSR count). The molecule has 0 unspecified atom stereocenters. The lowest BCUT2D eigenvalue weighted by molar-refractivity contribution is -0.148. The van der Waals surface area contributed by atoms with Gasteiger partial charge in [-0.25, -0.2) is 4.79 Å². The Kier molecular flexibility index (Phi) is 5.32. The topological polar surface area (TPSA) is 76.1 Å². The Morgan fingerprint density at radius 2 is 2.00 bits per heavy atom. The molecular weight excluding hydrogens is 294 g/mol. The van der Waals surface area contributed by atoms with Gasteiger partial charge in [0, 0.05) is 5.75 Å². The van der Waals surface area contributed by atoms with Gasteiger partial charge in [-0.3, -0.25) is 4.79 Å². The second kappa shape index (κ2) is 7.21. The SMILES string of the molecule is CCOc1ccccc1OCC(=O)N1CSC[C@H]1C(=O)O. The number of carbonyl (C=O) groups is 2. The molecule has 0 radical (unpaired) electrons. The summed E-state index contributed by atoms with van der Waals surface area (Å²) < 4.78 is 10.9. The molecule has 0 aliphatic carbocycles. The highest BCUT2D eigenvalue weighted by Gasteiger charge is 2.34. The summed E-state index contributed by atoms with van der Waals surface area (Å²) in [4.78, 5) is 24.5. The number of nitrogens with zero attached hydrogens (tertiary/aromatic N) is 1. The first-order valence-electron chi connectivity index (χ1n) is 6.58. The van der Waals surface area contributed by atoms with Crippen LogP contribution < -0.4 is 9.47 Å². The first-order chi connectivity index (χ1) is 10.1. The number of para-hydroxylation sites is 2. The fourth-order valence-corrected chi connectivity index (χ4v) is 3.13. The molecule has 1 aromatic rings. The first kappa shape index (κ1) is 15.5. The maximum Gasteiger partial charge on any atom is 0.327 e. The molecular formula is C14H17NO5S. The second-order valence-electron chi connectivity index (χ2n) is 4.39. The van der Waals surface area contributed by atoms with Gasteiger partial charge in [-0.15, -0.1) is 11.8 Å². The molecule has 0 saturated carbocycles. The van der Waals surface area contributed by atoms with Crippen LogP contribution in [-0.4, -0.2) is 52.8 Å². The van der Waals surface area contributed by atoms with Crippen LogP contribution in [0.1, 0.15) is 6.92 Å². The largest absolute Gasteiger partial charge is 0.490 e. The van der Waals surface area contributed by atoms with Crippen molar-refractivity contribution in [2.75, 3.05) is 24.8 Å². The molecule has 114 valence electrons. The third-order valence-electron chi connectivity index (χ3n) is 2.99. The number of carbonyl (C=O) groups excluding carboxylic acids is 1. The van der Waals surface area contributed by atoms with E-state index in [4.69, 9.17) is 14.6 Å². The average molecular weight is 311 g/mol. The average Bonchev–Trinajstić information content (AvgIpc) is 2.96. The second-order valence-corrected chi connectivity index (χ2v) is 5.39. The Hall–Kier alpha value is -1.89. The lowest BCUT2D eigenvalue weighted by Gasteiger charge is -2.20. The number of benzene rings is 1. The zero-order valence-electron chi connectivity index (χ0n) is 11.7. The number of hydrogen-bond acceptors (Lipinski definition) is 5. The van der Waals surface area contributed by atoms with Crippen LogP contribution >= 0.6 is 11.8 Å². The van der Waals surface area contributed by atoms with Crippen molar-refractivity contribution in [2.24, 2.45) is 0 Å². The highest BCUT2D eigenvalue weighted by Crippen LogP contribution is 2.27. The highest BCUT2D eigenvalue weighted by molar-refractivity contribution is 7.99. The lowest BCUT2D eigenvalue weighted by atomic mass is 10.3. The van der Waals surface area contributed by atoms with E-state index in [1.807, 2.05) is 13.0 Å². The minimum atomic E-state index is -0.983. The third kappa shape index (κ3) is 3.81. The van der Waals surface area contributed by atoms with Crippen molar-refractivity contribution >= 4 is 23.6 Å². The van der Waals surface area contributed by atoms with Gasteiger partial charge in [-0.05, 0) is 19.1 Å². The van der Waals surface area contributed by atoms with E-state index in [2.05, 4.69) is 0 Å². The van der Waals surface area contributed by atoms with E-state index < -0.39 is 12.0 Å². The van der Waals surface area contributed by atoms with Crippen LogP contribution in [0.5, 0.6) is 11.5 Å². The summed E-state index contributed by atoms with van der Waals surface area (Å²) in [7, 11) is 0. The van der Waals surface area contributed by atoms with Crippen molar-refractivity contribution in [1.82, 2.24) is 4.90 Å². The molecule has 1 N–H and O–H groups in total. The van der Waals surface area contributed by atoms with E-state index in [0.717, 1.165) is 0 Å². The van der Waals surface area contributed by atoms with Gasteiger partial charge in [-0.1, -0.05) is 12.1 Å². The van der Waals surface area contributed by atoms with Crippen molar-refractivity contribution in [2.45, 2.75) is 13.0 Å². The molecule has 1 atom stereocenters. The molecule has 6 nitrogen and oxygen atoms in total. The fraction of sp³-hybridized carbons (Fsp3) is 0.429. The van der Waals surface area contributed by atoms with Gasteiger partial charge in [0.25, 0.3) is 5.91 Å². The molecule has 7 heteroatoms. The number of rotatable bonds is 6. The monoisotopic (exact) mass is 311 g/mol. The van der Waals surface area contributed by atoms with E-state index in [0.29, 0.717) is 29.7 Å². The normalized spacial score (nSPS) is 17.6. The molecule has 0 bridgehead atoms. The number of ether oxygens (including phenoxy) is 2. The Labute approximate surface area is 127 Å². The number of amides is 1. The summed E-state index contributed by atoms with van der Waals surface area (Å²) in [6, 6.07) is 6.31. The molecule has 1 fully saturated rings. The molecule has 1 heterocycles. The highest BCUT2D eigenvalue weighted by atomic mass is 32.2. The summed E-state index contributed by atoms with van der Waals surface area (Å²) in [6.45, 7) is 2.16. The smallest absolute Gasteiger partial charge is 0.327 e. The molecule has 1 aromatic carbocycles. The molecule has 0 spiro atoms. The molecule has 1 amide bonds. The van der Waals surface area contributed by atoms with E-state index in [1.165, 1.54) is 16.7 Å². The van der Waals surface area contributed by atoms with Crippen molar-refractivity contribution < 1.29 is 24.2 Å². The molecule has 21 heavy (non-hydrogen) atoms. The van der Waals surface area contributed by atoms with E-state index in [1.54, 1.807) is 18.2 Å². The van der Waals surface area contributed by atoms with E-state index in [-0.39, 0.29) is 12.5 Å². The van der Waals surface area contributed by atoms with Crippen molar-refractivity contribution in [3.63, 3.8) is 0 Å². The Morgan fingerprint density at radius 3 is 2.62 bits per heavy atom. The van der Waals surface area contributed by atoms with Gasteiger partial charge in [0.15, 0.2) is 18.1 Å². The molecule has 0 aromatic heterocycles. The third-order valence-corrected chi connectivity index (χ3v) is 4.00. The predicted octanol–water partition coefficient (Wildman–Crippen LogP) is 1.45. The minimum Gasteiger partial charge on any atom is -0.490 e.